The predicted octanol–water partition coefficient (Wildman–Crippen LogP) is 2.82. The van der Waals surface area contributed by atoms with Gasteiger partial charge in [0.1, 0.15) is 5.82 Å². The van der Waals surface area contributed by atoms with E-state index in [-0.39, 0.29) is 11.4 Å². The number of H-pyrrole nitrogens is 1. The second-order valence-electron chi connectivity index (χ2n) is 4.00. The highest BCUT2D eigenvalue weighted by Crippen LogP contribution is 2.18. The molecule has 94 valence electrons. The zero-order valence-corrected chi connectivity index (χ0v) is 11.0. The monoisotopic (exact) mass is 264 g/mol. The molecule has 5 heteroatoms. The van der Waals surface area contributed by atoms with Crippen molar-refractivity contribution < 1.29 is 4.39 Å². The van der Waals surface area contributed by atoms with Gasteiger partial charge in [-0.25, -0.2) is 9.37 Å². The number of aromatic nitrogens is 2. The average molecular weight is 264 g/mol. The fourth-order valence-electron chi connectivity index (χ4n) is 1.42. The number of aryl methyl sites for hydroxylation is 1. The summed E-state index contributed by atoms with van der Waals surface area (Å²) in [5.41, 5.74) is 2.26. The lowest BCUT2D eigenvalue weighted by Gasteiger charge is -2.04. The Bertz CT molecular complexity index is 607. The molecule has 2 aromatic rings. The Labute approximate surface area is 108 Å². The molecule has 0 radical (unpaired) electrons. The molecule has 0 amide bonds. The van der Waals surface area contributed by atoms with Crippen LogP contribution in [0.4, 0.5) is 4.39 Å². The topological polar surface area (TPSA) is 45.8 Å². The zero-order chi connectivity index (χ0) is 13.1. The predicted molar refractivity (Wildman–Crippen MR) is 70.3 cm³/mol. The highest BCUT2D eigenvalue weighted by atomic mass is 32.2. The van der Waals surface area contributed by atoms with Crippen LogP contribution in [0.1, 0.15) is 16.8 Å². The van der Waals surface area contributed by atoms with E-state index in [4.69, 9.17) is 0 Å². The Morgan fingerprint density at radius 2 is 1.94 bits per heavy atom. The van der Waals surface area contributed by atoms with E-state index >= 15 is 0 Å². The lowest BCUT2D eigenvalue weighted by Crippen LogP contribution is -2.13. The van der Waals surface area contributed by atoms with E-state index in [0.29, 0.717) is 16.5 Å². The maximum absolute atomic E-state index is 12.7. The van der Waals surface area contributed by atoms with Crippen LogP contribution in [0.3, 0.4) is 0 Å². The van der Waals surface area contributed by atoms with Crippen molar-refractivity contribution in [3.05, 3.63) is 57.3 Å². The van der Waals surface area contributed by atoms with Crippen molar-refractivity contribution in [2.45, 2.75) is 24.8 Å². The summed E-state index contributed by atoms with van der Waals surface area (Å²) in [4.78, 5) is 18.6. The third kappa shape index (κ3) is 2.98. The van der Waals surface area contributed by atoms with E-state index in [1.807, 2.05) is 6.92 Å². The number of nitrogens with one attached hydrogen (secondary N) is 1. The first-order valence-electron chi connectivity index (χ1n) is 5.51. The van der Waals surface area contributed by atoms with Gasteiger partial charge in [0.15, 0.2) is 5.16 Å². The Morgan fingerprint density at radius 3 is 2.56 bits per heavy atom. The van der Waals surface area contributed by atoms with Crippen molar-refractivity contribution >= 4 is 11.8 Å². The molecule has 0 bridgehead atoms. The summed E-state index contributed by atoms with van der Waals surface area (Å²) >= 11 is 1.43. The second kappa shape index (κ2) is 5.35. The summed E-state index contributed by atoms with van der Waals surface area (Å²) in [5, 5.41) is 0.590. The first kappa shape index (κ1) is 12.8. The number of hydrogen-bond donors (Lipinski definition) is 1. The van der Waals surface area contributed by atoms with Crippen molar-refractivity contribution in [3.63, 3.8) is 0 Å². The first-order chi connectivity index (χ1) is 8.56. The number of rotatable bonds is 3. The van der Waals surface area contributed by atoms with E-state index in [2.05, 4.69) is 9.97 Å². The van der Waals surface area contributed by atoms with Crippen LogP contribution in [-0.4, -0.2) is 9.97 Å². The van der Waals surface area contributed by atoms with Crippen molar-refractivity contribution in [2.75, 3.05) is 0 Å². The highest BCUT2D eigenvalue weighted by molar-refractivity contribution is 7.98. The molecule has 0 saturated carbocycles. The van der Waals surface area contributed by atoms with E-state index < -0.39 is 0 Å². The molecule has 0 fully saturated rings. The standard InChI is InChI=1S/C13H13FN2OS/c1-8-9(2)15-13(16-12(8)17)18-7-10-3-5-11(14)6-4-10/h3-6H,7H2,1-2H3,(H,15,16,17). The average Bonchev–Trinajstić information content (AvgIpc) is 2.35. The maximum Gasteiger partial charge on any atom is 0.254 e. The molecule has 1 aromatic heterocycles. The number of nitrogens with zero attached hydrogens (tertiary/aromatic N) is 1. The van der Waals surface area contributed by atoms with Crippen molar-refractivity contribution in [3.8, 4) is 0 Å². The van der Waals surface area contributed by atoms with Crippen molar-refractivity contribution in [1.82, 2.24) is 9.97 Å². The van der Waals surface area contributed by atoms with Crippen LogP contribution < -0.4 is 5.56 Å². The van der Waals surface area contributed by atoms with Crippen molar-refractivity contribution in [1.29, 1.82) is 0 Å². The van der Waals surface area contributed by atoms with Gasteiger partial charge < -0.3 is 4.98 Å². The molecule has 1 aromatic carbocycles. The number of thioether (sulfide) groups is 1. The summed E-state index contributed by atoms with van der Waals surface area (Å²) in [5.74, 6) is 0.396. The third-order valence-electron chi connectivity index (χ3n) is 2.66. The van der Waals surface area contributed by atoms with Gasteiger partial charge in [-0.1, -0.05) is 23.9 Å². The smallest absolute Gasteiger partial charge is 0.254 e. The summed E-state index contributed by atoms with van der Waals surface area (Å²) in [6, 6.07) is 6.29. The summed E-state index contributed by atoms with van der Waals surface area (Å²) in [6.07, 6.45) is 0. The van der Waals surface area contributed by atoms with Gasteiger partial charge in [-0.05, 0) is 31.5 Å². The molecular weight excluding hydrogens is 251 g/mol. The molecule has 2 rings (SSSR count). The van der Waals surface area contributed by atoms with Gasteiger partial charge in [-0.2, -0.15) is 0 Å². The van der Waals surface area contributed by atoms with Crippen LogP contribution in [0, 0.1) is 19.7 Å². The second-order valence-corrected chi connectivity index (χ2v) is 4.96. The Balaban J connectivity index is 2.11. The number of aromatic amines is 1. The number of hydrogen-bond acceptors (Lipinski definition) is 3. The molecule has 1 N–H and O–H groups in total. The Morgan fingerprint density at radius 1 is 1.28 bits per heavy atom. The van der Waals surface area contributed by atoms with Gasteiger partial charge in [0.2, 0.25) is 0 Å². The van der Waals surface area contributed by atoms with Crippen molar-refractivity contribution in [2.24, 2.45) is 0 Å². The van der Waals surface area contributed by atoms with Crippen LogP contribution in [-0.2, 0) is 5.75 Å². The SMILES string of the molecule is Cc1nc(SCc2ccc(F)cc2)[nH]c(=O)c1C. The van der Waals surface area contributed by atoms with Gasteiger partial charge in [-0.3, -0.25) is 4.79 Å². The summed E-state index contributed by atoms with van der Waals surface area (Å²) in [6.45, 7) is 3.56. The molecule has 0 aliphatic rings. The van der Waals surface area contributed by atoms with Crippen LogP contribution in [0.2, 0.25) is 0 Å². The van der Waals surface area contributed by atoms with Gasteiger partial charge in [-0.15, -0.1) is 0 Å². The molecular formula is C13H13FN2OS. The molecule has 3 nitrogen and oxygen atoms in total. The van der Waals surface area contributed by atoms with E-state index in [0.717, 1.165) is 11.3 Å². The van der Waals surface area contributed by atoms with Gasteiger partial charge in [0.25, 0.3) is 5.56 Å². The largest absolute Gasteiger partial charge is 0.301 e. The Hall–Kier alpha value is -1.62. The summed E-state index contributed by atoms with van der Waals surface area (Å²) < 4.78 is 12.7. The van der Waals surface area contributed by atoms with E-state index in [1.165, 1.54) is 23.9 Å². The molecule has 0 spiro atoms. The first-order valence-corrected chi connectivity index (χ1v) is 6.49. The molecule has 0 aliphatic heterocycles. The van der Waals surface area contributed by atoms with Crippen LogP contribution >= 0.6 is 11.8 Å². The molecule has 0 saturated heterocycles. The minimum atomic E-state index is -0.249. The van der Waals surface area contributed by atoms with E-state index in [1.54, 1.807) is 19.1 Å². The van der Waals surface area contributed by atoms with E-state index in [9.17, 15) is 9.18 Å². The third-order valence-corrected chi connectivity index (χ3v) is 3.61. The molecule has 0 aliphatic carbocycles. The number of halogens is 1. The minimum Gasteiger partial charge on any atom is -0.301 e. The van der Waals surface area contributed by atoms with Gasteiger partial charge >= 0.3 is 0 Å². The molecule has 0 unspecified atom stereocenters. The zero-order valence-electron chi connectivity index (χ0n) is 10.2. The highest BCUT2D eigenvalue weighted by Gasteiger charge is 2.04. The van der Waals surface area contributed by atoms with Gasteiger partial charge in [0, 0.05) is 17.0 Å². The lowest BCUT2D eigenvalue weighted by molar-refractivity contribution is 0.627. The van der Waals surface area contributed by atoms with Gasteiger partial charge in [0.05, 0.1) is 0 Å². The minimum absolute atomic E-state index is 0.107. The molecule has 1 heterocycles. The quantitative estimate of drug-likeness (QED) is 0.685. The van der Waals surface area contributed by atoms with Crippen LogP contribution in [0.15, 0.2) is 34.2 Å². The number of benzene rings is 1. The fourth-order valence-corrected chi connectivity index (χ4v) is 2.28. The van der Waals surface area contributed by atoms with Crippen LogP contribution in [0.5, 0.6) is 0 Å². The maximum atomic E-state index is 12.7. The van der Waals surface area contributed by atoms with Crippen LogP contribution in [0.25, 0.3) is 0 Å². The molecule has 0 atom stereocenters. The summed E-state index contributed by atoms with van der Waals surface area (Å²) in [7, 11) is 0. The molecule has 18 heavy (non-hydrogen) atoms. The Kier molecular flexibility index (Phi) is 3.81. The fraction of sp³-hybridized carbons (Fsp3) is 0.231. The normalized spacial score (nSPS) is 10.6. The lowest BCUT2D eigenvalue weighted by atomic mass is 10.2.